The lowest BCUT2D eigenvalue weighted by Crippen LogP contribution is -2.41. The molecule has 0 aliphatic heterocycles. The van der Waals surface area contributed by atoms with Crippen LogP contribution in [-0.2, 0) is 4.79 Å². The highest BCUT2D eigenvalue weighted by Crippen LogP contribution is 2.22. The Morgan fingerprint density at radius 3 is 2.55 bits per heavy atom. The average Bonchev–Trinajstić information content (AvgIpc) is 2.85. The van der Waals surface area contributed by atoms with E-state index < -0.39 is 17.9 Å². The molecule has 0 bridgehead atoms. The number of fused-ring (bicyclic) bond motifs is 1. The summed E-state index contributed by atoms with van der Waals surface area (Å²) < 4.78 is 5.45. The minimum absolute atomic E-state index is 0.0117. The lowest BCUT2D eigenvalue weighted by molar-refractivity contribution is -0.139. The van der Waals surface area contributed by atoms with Crippen LogP contribution in [0.25, 0.3) is 11.0 Å². The third-order valence-electron chi connectivity index (χ3n) is 3.44. The zero-order valence-electron chi connectivity index (χ0n) is 13.1. The first-order chi connectivity index (χ1) is 10.3. The maximum atomic E-state index is 12.2. The molecule has 0 saturated carbocycles. The minimum atomic E-state index is -1.03. The Morgan fingerprint density at radius 1 is 1.27 bits per heavy atom. The van der Waals surface area contributed by atoms with Crippen molar-refractivity contribution in [2.45, 2.75) is 39.7 Å². The van der Waals surface area contributed by atoms with Gasteiger partial charge in [-0.25, -0.2) is 4.79 Å². The number of hydrogen-bond donors (Lipinski definition) is 2. The standard InChI is InChI=1S/C17H21NO4/c1-17(2,3)9-8-12(16(20)21)18-15(19)14-10-11-6-4-5-7-13(11)22-14/h4-7,10,12H,8-9H2,1-3H3,(H,18,19)(H,20,21). The molecule has 0 saturated heterocycles. The molecule has 0 aliphatic carbocycles. The van der Waals surface area contributed by atoms with Crippen molar-refractivity contribution in [3.05, 3.63) is 36.1 Å². The summed E-state index contributed by atoms with van der Waals surface area (Å²) in [5.41, 5.74) is 0.617. The maximum absolute atomic E-state index is 12.2. The van der Waals surface area contributed by atoms with E-state index in [9.17, 15) is 14.7 Å². The van der Waals surface area contributed by atoms with Gasteiger partial charge in [0, 0.05) is 5.39 Å². The number of furan rings is 1. The van der Waals surface area contributed by atoms with Crippen molar-refractivity contribution in [3.8, 4) is 0 Å². The molecule has 1 atom stereocenters. The Bertz CT molecular complexity index is 648. The first-order valence-corrected chi connectivity index (χ1v) is 7.28. The van der Waals surface area contributed by atoms with Gasteiger partial charge in [-0.15, -0.1) is 0 Å². The van der Waals surface area contributed by atoms with E-state index in [1.807, 2.05) is 39.0 Å². The fourth-order valence-electron chi connectivity index (χ4n) is 2.16. The fourth-order valence-corrected chi connectivity index (χ4v) is 2.16. The summed E-state index contributed by atoms with van der Waals surface area (Å²) in [7, 11) is 0. The highest BCUT2D eigenvalue weighted by atomic mass is 16.4. The number of rotatable bonds is 5. The lowest BCUT2D eigenvalue weighted by Gasteiger charge is -2.21. The molecule has 1 amide bonds. The zero-order chi connectivity index (χ0) is 16.3. The first kappa shape index (κ1) is 16.1. The van der Waals surface area contributed by atoms with Crippen LogP contribution < -0.4 is 5.32 Å². The summed E-state index contributed by atoms with van der Waals surface area (Å²) in [6, 6.07) is 7.97. The SMILES string of the molecule is CC(C)(C)CCC(NC(=O)c1cc2ccccc2o1)C(=O)O. The summed E-state index contributed by atoms with van der Waals surface area (Å²) in [5.74, 6) is -1.41. The molecule has 118 valence electrons. The van der Waals surface area contributed by atoms with Crippen LogP contribution in [-0.4, -0.2) is 23.0 Å². The van der Waals surface area contributed by atoms with Gasteiger partial charge < -0.3 is 14.8 Å². The van der Waals surface area contributed by atoms with Crippen LogP contribution in [0.4, 0.5) is 0 Å². The van der Waals surface area contributed by atoms with Crippen molar-refractivity contribution in [2.75, 3.05) is 0 Å². The van der Waals surface area contributed by atoms with Gasteiger partial charge in [-0.3, -0.25) is 4.79 Å². The molecule has 0 radical (unpaired) electrons. The van der Waals surface area contributed by atoms with E-state index in [1.165, 1.54) is 0 Å². The molecular weight excluding hydrogens is 282 g/mol. The molecule has 1 heterocycles. The van der Waals surface area contributed by atoms with E-state index >= 15 is 0 Å². The molecule has 2 rings (SSSR count). The van der Waals surface area contributed by atoms with Crippen molar-refractivity contribution < 1.29 is 19.1 Å². The van der Waals surface area contributed by atoms with Gasteiger partial charge in [0.05, 0.1) is 0 Å². The van der Waals surface area contributed by atoms with Crippen LogP contribution in [0.3, 0.4) is 0 Å². The maximum Gasteiger partial charge on any atom is 0.326 e. The van der Waals surface area contributed by atoms with Crippen LogP contribution in [0.5, 0.6) is 0 Å². The van der Waals surface area contributed by atoms with Crippen molar-refractivity contribution in [1.82, 2.24) is 5.32 Å². The summed E-state index contributed by atoms with van der Waals surface area (Å²) >= 11 is 0. The molecule has 0 spiro atoms. The van der Waals surface area contributed by atoms with Gasteiger partial charge >= 0.3 is 5.97 Å². The Labute approximate surface area is 129 Å². The second-order valence-electron chi connectivity index (χ2n) is 6.61. The largest absolute Gasteiger partial charge is 0.480 e. The Morgan fingerprint density at radius 2 is 1.95 bits per heavy atom. The summed E-state index contributed by atoms with van der Waals surface area (Å²) in [6.07, 6.45) is 1.08. The number of carboxylic acids is 1. The summed E-state index contributed by atoms with van der Waals surface area (Å²) in [5, 5.41) is 12.6. The number of carboxylic acid groups (broad SMARTS) is 1. The van der Waals surface area contributed by atoms with Crippen molar-refractivity contribution in [2.24, 2.45) is 5.41 Å². The minimum Gasteiger partial charge on any atom is -0.480 e. The van der Waals surface area contributed by atoms with E-state index in [1.54, 1.807) is 12.1 Å². The number of hydrogen-bond acceptors (Lipinski definition) is 3. The highest BCUT2D eigenvalue weighted by molar-refractivity contribution is 5.97. The Kier molecular flexibility index (Phi) is 4.54. The van der Waals surface area contributed by atoms with Crippen LogP contribution in [0.1, 0.15) is 44.2 Å². The summed E-state index contributed by atoms with van der Waals surface area (Å²) in [6.45, 7) is 6.10. The number of carbonyl (C=O) groups excluding carboxylic acids is 1. The van der Waals surface area contributed by atoms with E-state index in [4.69, 9.17) is 4.42 Å². The van der Waals surface area contributed by atoms with Gasteiger partial charge in [-0.05, 0) is 30.4 Å². The fraction of sp³-hybridized carbons (Fsp3) is 0.412. The monoisotopic (exact) mass is 303 g/mol. The second kappa shape index (κ2) is 6.22. The van der Waals surface area contributed by atoms with Crippen LogP contribution in [0.2, 0.25) is 0 Å². The number of benzene rings is 1. The van der Waals surface area contributed by atoms with Gasteiger partial charge in [0.25, 0.3) is 5.91 Å². The third kappa shape index (κ3) is 4.10. The van der Waals surface area contributed by atoms with E-state index in [2.05, 4.69) is 5.32 Å². The van der Waals surface area contributed by atoms with Gasteiger partial charge in [-0.1, -0.05) is 39.0 Å². The third-order valence-corrected chi connectivity index (χ3v) is 3.44. The number of nitrogens with one attached hydrogen (secondary N) is 1. The topological polar surface area (TPSA) is 79.5 Å². The summed E-state index contributed by atoms with van der Waals surface area (Å²) in [4.78, 5) is 23.5. The normalized spacial score (nSPS) is 13.0. The predicted molar refractivity (Wildman–Crippen MR) is 83.8 cm³/mol. The van der Waals surface area contributed by atoms with E-state index in [0.717, 1.165) is 5.39 Å². The molecule has 2 N–H and O–H groups in total. The molecule has 0 fully saturated rings. The number of para-hydroxylation sites is 1. The number of amides is 1. The Hall–Kier alpha value is -2.30. The lowest BCUT2D eigenvalue weighted by atomic mass is 9.88. The molecular formula is C17H21NO4. The second-order valence-corrected chi connectivity index (χ2v) is 6.61. The van der Waals surface area contributed by atoms with E-state index in [-0.39, 0.29) is 11.2 Å². The smallest absolute Gasteiger partial charge is 0.326 e. The van der Waals surface area contributed by atoms with Crippen molar-refractivity contribution >= 4 is 22.8 Å². The Balaban J connectivity index is 2.08. The number of carbonyl (C=O) groups is 2. The zero-order valence-corrected chi connectivity index (χ0v) is 13.1. The molecule has 5 heteroatoms. The van der Waals surface area contributed by atoms with E-state index in [0.29, 0.717) is 18.4 Å². The predicted octanol–water partition coefficient (Wildman–Crippen LogP) is 3.44. The van der Waals surface area contributed by atoms with Crippen molar-refractivity contribution in [3.63, 3.8) is 0 Å². The van der Waals surface area contributed by atoms with Gasteiger partial charge in [0.1, 0.15) is 11.6 Å². The van der Waals surface area contributed by atoms with Crippen LogP contribution in [0, 0.1) is 5.41 Å². The first-order valence-electron chi connectivity index (χ1n) is 7.28. The quantitative estimate of drug-likeness (QED) is 0.886. The molecule has 2 aromatic rings. The molecule has 1 aromatic carbocycles. The van der Waals surface area contributed by atoms with Crippen molar-refractivity contribution in [1.29, 1.82) is 0 Å². The van der Waals surface area contributed by atoms with Gasteiger partial charge in [0.15, 0.2) is 5.76 Å². The molecule has 1 aromatic heterocycles. The molecule has 0 aliphatic rings. The van der Waals surface area contributed by atoms with Gasteiger partial charge in [0.2, 0.25) is 0 Å². The molecule has 5 nitrogen and oxygen atoms in total. The van der Waals surface area contributed by atoms with Gasteiger partial charge in [-0.2, -0.15) is 0 Å². The van der Waals surface area contributed by atoms with Crippen LogP contribution in [0.15, 0.2) is 34.7 Å². The van der Waals surface area contributed by atoms with Crippen LogP contribution >= 0.6 is 0 Å². The molecule has 1 unspecified atom stereocenters. The average molecular weight is 303 g/mol. The highest BCUT2D eigenvalue weighted by Gasteiger charge is 2.24. The number of aliphatic carboxylic acids is 1. The molecule has 22 heavy (non-hydrogen) atoms.